The van der Waals surface area contributed by atoms with Gasteiger partial charge in [-0.3, -0.25) is 0 Å². The second-order valence-corrected chi connectivity index (χ2v) is 4.31. The quantitative estimate of drug-likeness (QED) is 0.902. The van der Waals surface area contributed by atoms with E-state index < -0.39 is 11.8 Å². The van der Waals surface area contributed by atoms with E-state index in [2.05, 4.69) is 5.32 Å². The highest BCUT2D eigenvalue weighted by Gasteiger charge is 2.11. The fraction of sp³-hybridized carbons (Fsp3) is 0. The molecule has 0 unspecified atom stereocenters. The van der Waals surface area contributed by atoms with Gasteiger partial charge in [0.2, 0.25) is 0 Å². The minimum absolute atomic E-state index is 0.0772. The van der Waals surface area contributed by atoms with Crippen molar-refractivity contribution in [3.63, 3.8) is 0 Å². The molecule has 2 rings (SSSR count). The number of rotatable bonds is 3. The molecule has 0 heterocycles. The molecule has 6 heteroatoms. The topological polar surface area (TPSA) is 73.1 Å². The maximum absolute atomic E-state index is 13.4. The van der Waals surface area contributed by atoms with Gasteiger partial charge in [0.05, 0.1) is 16.3 Å². The molecule has 0 fully saturated rings. The third kappa shape index (κ3) is 2.71. The van der Waals surface area contributed by atoms with Gasteiger partial charge < -0.3 is 10.4 Å². The average molecular weight is 291 g/mol. The molecular formula is C14H8ClFN2O2. The van der Waals surface area contributed by atoms with Gasteiger partial charge in [-0.2, -0.15) is 5.26 Å². The van der Waals surface area contributed by atoms with Crippen LogP contribution < -0.4 is 5.32 Å². The number of aromatic carboxylic acids is 1. The Hall–Kier alpha value is -2.58. The molecule has 0 aliphatic heterocycles. The summed E-state index contributed by atoms with van der Waals surface area (Å²) in [6.45, 7) is 0. The number of carboxylic acids is 1. The number of carbonyl (C=O) groups is 1. The van der Waals surface area contributed by atoms with Crippen molar-refractivity contribution in [2.75, 3.05) is 5.32 Å². The number of hydrogen-bond acceptors (Lipinski definition) is 3. The van der Waals surface area contributed by atoms with E-state index in [1.165, 1.54) is 30.3 Å². The Balaban J connectivity index is 2.41. The molecule has 0 aliphatic rings. The zero-order valence-electron chi connectivity index (χ0n) is 10.0. The van der Waals surface area contributed by atoms with E-state index in [4.69, 9.17) is 22.0 Å². The standard InChI is InChI=1S/C14H8ClFN2O2/c15-11-5-4-8(6-9(11)14(19)20)18-13-3-1-2-12(16)10(13)7-17/h1-6,18H,(H,19,20). The van der Waals surface area contributed by atoms with E-state index in [-0.39, 0.29) is 21.8 Å². The van der Waals surface area contributed by atoms with Gasteiger partial charge >= 0.3 is 5.97 Å². The van der Waals surface area contributed by atoms with Crippen molar-refractivity contribution in [2.24, 2.45) is 0 Å². The van der Waals surface area contributed by atoms with Crippen LogP contribution in [0.3, 0.4) is 0 Å². The lowest BCUT2D eigenvalue weighted by Crippen LogP contribution is -2.00. The van der Waals surface area contributed by atoms with Crippen LogP contribution in [0.4, 0.5) is 15.8 Å². The van der Waals surface area contributed by atoms with Crippen LogP contribution in [0.15, 0.2) is 36.4 Å². The van der Waals surface area contributed by atoms with Gasteiger partial charge in [0.15, 0.2) is 0 Å². The lowest BCUT2D eigenvalue weighted by Gasteiger charge is -2.10. The van der Waals surface area contributed by atoms with Gasteiger partial charge in [-0.05, 0) is 30.3 Å². The third-order valence-corrected chi connectivity index (χ3v) is 2.93. The second-order valence-electron chi connectivity index (χ2n) is 3.90. The Morgan fingerprint density at radius 3 is 2.75 bits per heavy atom. The highest BCUT2D eigenvalue weighted by atomic mass is 35.5. The first-order chi connectivity index (χ1) is 9.52. The molecule has 2 aromatic rings. The number of hydrogen-bond donors (Lipinski definition) is 2. The van der Waals surface area contributed by atoms with Crippen molar-refractivity contribution in [3.8, 4) is 6.07 Å². The molecule has 4 nitrogen and oxygen atoms in total. The van der Waals surface area contributed by atoms with E-state index in [1.54, 1.807) is 12.1 Å². The monoisotopic (exact) mass is 290 g/mol. The summed E-state index contributed by atoms with van der Waals surface area (Å²) in [4.78, 5) is 11.0. The molecule has 0 bridgehead atoms. The van der Waals surface area contributed by atoms with Crippen molar-refractivity contribution in [1.82, 2.24) is 0 Å². The largest absolute Gasteiger partial charge is 0.478 e. The molecule has 0 saturated heterocycles. The Bertz CT molecular complexity index is 726. The predicted octanol–water partition coefficient (Wildman–Crippen LogP) is 3.79. The Morgan fingerprint density at radius 2 is 2.10 bits per heavy atom. The van der Waals surface area contributed by atoms with Crippen LogP contribution in [0.2, 0.25) is 5.02 Å². The molecule has 2 aromatic carbocycles. The SMILES string of the molecule is N#Cc1c(F)cccc1Nc1ccc(Cl)c(C(=O)O)c1. The van der Waals surface area contributed by atoms with Crippen LogP contribution in [0.1, 0.15) is 15.9 Å². The summed E-state index contributed by atoms with van der Waals surface area (Å²) in [5.41, 5.74) is 0.436. The van der Waals surface area contributed by atoms with Crippen molar-refractivity contribution in [1.29, 1.82) is 5.26 Å². The molecule has 100 valence electrons. The van der Waals surface area contributed by atoms with Crippen LogP contribution in [0, 0.1) is 17.1 Å². The smallest absolute Gasteiger partial charge is 0.337 e. The van der Waals surface area contributed by atoms with Gasteiger partial charge in [0.1, 0.15) is 17.4 Å². The van der Waals surface area contributed by atoms with Gasteiger partial charge in [-0.1, -0.05) is 17.7 Å². The maximum atomic E-state index is 13.4. The summed E-state index contributed by atoms with van der Waals surface area (Å²) >= 11 is 5.76. The van der Waals surface area contributed by atoms with E-state index in [0.29, 0.717) is 5.69 Å². The highest BCUT2D eigenvalue weighted by molar-refractivity contribution is 6.33. The highest BCUT2D eigenvalue weighted by Crippen LogP contribution is 2.26. The fourth-order valence-electron chi connectivity index (χ4n) is 1.66. The van der Waals surface area contributed by atoms with Crippen LogP contribution >= 0.6 is 11.6 Å². The number of nitrogens with one attached hydrogen (secondary N) is 1. The number of nitriles is 1. The lowest BCUT2D eigenvalue weighted by atomic mass is 10.1. The summed E-state index contributed by atoms with van der Waals surface area (Å²) in [5, 5.41) is 20.8. The average Bonchev–Trinajstić information content (AvgIpc) is 2.41. The molecule has 0 amide bonds. The van der Waals surface area contributed by atoms with Crippen LogP contribution in [-0.2, 0) is 0 Å². The van der Waals surface area contributed by atoms with Gasteiger partial charge in [0, 0.05) is 5.69 Å². The van der Waals surface area contributed by atoms with E-state index in [0.717, 1.165) is 0 Å². The van der Waals surface area contributed by atoms with Crippen LogP contribution in [-0.4, -0.2) is 11.1 Å². The summed E-state index contributed by atoms with van der Waals surface area (Å²) in [5.74, 6) is -1.82. The molecule has 0 radical (unpaired) electrons. The molecule has 0 spiro atoms. The summed E-state index contributed by atoms with van der Waals surface area (Å²) in [6, 6.07) is 10.2. The number of halogens is 2. The molecule has 0 aliphatic carbocycles. The maximum Gasteiger partial charge on any atom is 0.337 e. The molecule has 20 heavy (non-hydrogen) atoms. The fourth-order valence-corrected chi connectivity index (χ4v) is 1.86. The second kappa shape index (κ2) is 5.59. The number of anilines is 2. The minimum atomic E-state index is -1.17. The third-order valence-electron chi connectivity index (χ3n) is 2.60. The van der Waals surface area contributed by atoms with Crippen molar-refractivity contribution in [2.45, 2.75) is 0 Å². The summed E-state index contributed by atoms with van der Waals surface area (Å²) < 4.78 is 13.4. The Morgan fingerprint density at radius 1 is 1.35 bits per heavy atom. The van der Waals surface area contributed by atoms with E-state index >= 15 is 0 Å². The van der Waals surface area contributed by atoms with Gasteiger partial charge in [0.25, 0.3) is 0 Å². The number of benzene rings is 2. The molecule has 2 N–H and O–H groups in total. The predicted molar refractivity (Wildman–Crippen MR) is 72.8 cm³/mol. The van der Waals surface area contributed by atoms with Gasteiger partial charge in [-0.25, -0.2) is 9.18 Å². The first-order valence-electron chi connectivity index (χ1n) is 5.51. The van der Waals surface area contributed by atoms with E-state index in [9.17, 15) is 9.18 Å². The Kier molecular flexibility index (Phi) is 3.87. The number of carboxylic acid groups (broad SMARTS) is 1. The Labute approximate surface area is 119 Å². The normalized spacial score (nSPS) is 9.85. The first kappa shape index (κ1) is 13.8. The van der Waals surface area contributed by atoms with Gasteiger partial charge in [-0.15, -0.1) is 0 Å². The van der Waals surface area contributed by atoms with Crippen LogP contribution in [0.25, 0.3) is 0 Å². The van der Waals surface area contributed by atoms with Crippen molar-refractivity contribution >= 4 is 28.9 Å². The molecule has 0 aromatic heterocycles. The van der Waals surface area contributed by atoms with Crippen molar-refractivity contribution in [3.05, 3.63) is 58.4 Å². The lowest BCUT2D eigenvalue weighted by molar-refractivity contribution is 0.0697. The van der Waals surface area contributed by atoms with Crippen molar-refractivity contribution < 1.29 is 14.3 Å². The summed E-state index contributed by atoms with van der Waals surface area (Å²) in [6.07, 6.45) is 0. The van der Waals surface area contributed by atoms with Crippen LogP contribution in [0.5, 0.6) is 0 Å². The molecular weight excluding hydrogens is 283 g/mol. The zero-order chi connectivity index (χ0) is 14.7. The minimum Gasteiger partial charge on any atom is -0.478 e. The molecule has 0 saturated carbocycles. The zero-order valence-corrected chi connectivity index (χ0v) is 10.8. The number of nitrogens with zero attached hydrogens (tertiary/aromatic N) is 1. The first-order valence-corrected chi connectivity index (χ1v) is 5.89. The summed E-state index contributed by atoms with van der Waals surface area (Å²) in [7, 11) is 0. The molecule has 0 atom stereocenters. The van der Waals surface area contributed by atoms with E-state index in [1.807, 2.05) is 0 Å².